The molecule has 1 aromatic heterocycles. The Kier molecular flexibility index (Phi) is 2.32. The van der Waals surface area contributed by atoms with Crippen LogP contribution in [0.15, 0.2) is 0 Å². The monoisotopic (exact) mass is 169 g/mol. The molecular weight excluding hydrogens is 158 g/mol. The highest BCUT2D eigenvalue weighted by molar-refractivity contribution is 5.94. The molecule has 66 valence electrons. The number of nitrogens with one attached hydrogen (secondary N) is 2. The lowest BCUT2D eigenvalue weighted by Gasteiger charge is -1.98. The number of aromatic nitrogens is 2. The fourth-order valence-corrected chi connectivity index (χ4v) is 0.986. The molecule has 0 fully saturated rings. The molecular formula is C7H11N3O2. The minimum absolute atomic E-state index is 0.219. The average Bonchev–Trinajstić information content (AvgIpc) is 2.32. The molecule has 5 nitrogen and oxygen atoms in total. The van der Waals surface area contributed by atoms with Crippen molar-refractivity contribution in [3.63, 3.8) is 0 Å². The molecule has 0 saturated carbocycles. The van der Waals surface area contributed by atoms with Crippen molar-refractivity contribution in [1.29, 1.82) is 0 Å². The Morgan fingerprint density at radius 2 is 2.42 bits per heavy atom. The highest BCUT2D eigenvalue weighted by Gasteiger charge is 2.15. The molecule has 0 aliphatic carbocycles. The molecule has 3 N–H and O–H groups in total. The second-order valence-corrected chi connectivity index (χ2v) is 2.41. The van der Waals surface area contributed by atoms with Gasteiger partial charge in [-0.1, -0.05) is 0 Å². The molecule has 0 bridgehead atoms. The normalized spacial score (nSPS) is 9.83. The van der Waals surface area contributed by atoms with Crippen molar-refractivity contribution < 1.29 is 9.90 Å². The summed E-state index contributed by atoms with van der Waals surface area (Å²) in [5.74, 6) is -0.556. The Bertz CT molecular complexity index is 293. The molecule has 0 aliphatic heterocycles. The third kappa shape index (κ3) is 1.39. The van der Waals surface area contributed by atoms with Crippen LogP contribution >= 0.6 is 0 Å². The van der Waals surface area contributed by atoms with E-state index in [1.807, 2.05) is 6.92 Å². The van der Waals surface area contributed by atoms with Gasteiger partial charge in [0.1, 0.15) is 5.56 Å². The summed E-state index contributed by atoms with van der Waals surface area (Å²) < 4.78 is 0. The summed E-state index contributed by atoms with van der Waals surface area (Å²) in [6, 6.07) is 0. The molecule has 0 saturated heterocycles. The molecule has 12 heavy (non-hydrogen) atoms. The molecule has 0 radical (unpaired) electrons. The predicted molar refractivity (Wildman–Crippen MR) is 44.4 cm³/mol. The number of nitrogens with zero attached hydrogens (tertiary/aromatic N) is 1. The van der Waals surface area contributed by atoms with E-state index in [1.54, 1.807) is 6.92 Å². The zero-order chi connectivity index (χ0) is 9.14. The standard InChI is InChI=1S/C7H11N3O2/c1-3-8-6-5(7(11)12)4(2)9-10-6/h3H2,1-2H3,(H,11,12)(H2,8,9,10). The average molecular weight is 169 g/mol. The summed E-state index contributed by atoms with van der Waals surface area (Å²) in [6.45, 7) is 4.22. The molecule has 0 spiro atoms. The lowest BCUT2D eigenvalue weighted by atomic mass is 10.2. The number of aromatic amines is 1. The Morgan fingerprint density at radius 3 is 2.92 bits per heavy atom. The van der Waals surface area contributed by atoms with Crippen LogP contribution in [0, 0.1) is 6.92 Å². The van der Waals surface area contributed by atoms with Gasteiger partial charge in [0.05, 0.1) is 0 Å². The van der Waals surface area contributed by atoms with Gasteiger partial charge in [-0.15, -0.1) is 0 Å². The molecule has 0 aliphatic rings. The van der Waals surface area contributed by atoms with E-state index in [2.05, 4.69) is 15.5 Å². The van der Waals surface area contributed by atoms with Gasteiger partial charge in [-0.2, -0.15) is 5.10 Å². The van der Waals surface area contributed by atoms with E-state index in [4.69, 9.17) is 5.11 Å². The first-order valence-electron chi connectivity index (χ1n) is 3.69. The number of hydrogen-bond donors (Lipinski definition) is 3. The molecule has 1 heterocycles. The van der Waals surface area contributed by atoms with E-state index in [1.165, 1.54) is 0 Å². The zero-order valence-electron chi connectivity index (χ0n) is 7.01. The predicted octanol–water partition coefficient (Wildman–Crippen LogP) is 0.848. The van der Waals surface area contributed by atoms with Crippen molar-refractivity contribution in [3.8, 4) is 0 Å². The van der Waals surface area contributed by atoms with Crippen LogP contribution in [-0.2, 0) is 0 Å². The van der Waals surface area contributed by atoms with E-state index < -0.39 is 5.97 Å². The van der Waals surface area contributed by atoms with Gasteiger partial charge in [0.2, 0.25) is 0 Å². The summed E-state index contributed by atoms with van der Waals surface area (Å²) in [5, 5.41) is 18.0. The maximum absolute atomic E-state index is 10.7. The quantitative estimate of drug-likeness (QED) is 0.626. The first kappa shape index (κ1) is 8.58. The third-order valence-corrected chi connectivity index (χ3v) is 1.51. The number of aromatic carboxylic acids is 1. The first-order chi connectivity index (χ1) is 5.66. The second kappa shape index (κ2) is 3.25. The molecule has 0 unspecified atom stereocenters. The number of carbonyl (C=O) groups is 1. The molecule has 1 rings (SSSR count). The Morgan fingerprint density at radius 1 is 1.75 bits per heavy atom. The minimum Gasteiger partial charge on any atom is -0.477 e. The lowest BCUT2D eigenvalue weighted by molar-refractivity contribution is 0.0697. The van der Waals surface area contributed by atoms with Crippen molar-refractivity contribution in [2.24, 2.45) is 0 Å². The third-order valence-electron chi connectivity index (χ3n) is 1.51. The van der Waals surface area contributed by atoms with Crippen LogP contribution in [0.3, 0.4) is 0 Å². The van der Waals surface area contributed by atoms with E-state index in [0.29, 0.717) is 18.1 Å². The van der Waals surface area contributed by atoms with Crippen LogP contribution in [0.5, 0.6) is 0 Å². The maximum atomic E-state index is 10.7. The van der Waals surface area contributed by atoms with Crippen molar-refractivity contribution in [1.82, 2.24) is 10.2 Å². The number of aryl methyl sites for hydroxylation is 1. The SMILES string of the molecule is CCNc1n[nH]c(C)c1C(=O)O. The Labute approximate surface area is 69.8 Å². The van der Waals surface area contributed by atoms with Gasteiger partial charge in [0.25, 0.3) is 0 Å². The summed E-state index contributed by atoms with van der Waals surface area (Å²) >= 11 is 0. The topological polar surface area (TPSA) is 78.0 Å². The summed E-state index contributed by atoms with van der Waals surface area (Å²) in [7, 11) is 0. The van der Waals surface area contributed by atoms with Crippen LogP contribution < -0.4 is 5.32 Å². The highest BCUT2D eigenvalue weighted by Crippen LogP contribution is 2.14. The van der Waals surface area contributed by atoms with Crippen molar-refractivity contribution >= 4 is 11.8 Å². The van der Waals surface area contributed by atoms with Crippen molar-refractivity contribution in [3.05, 3.63) is 11.3 Å². The maximum Gasteiger partial charge on any atom is 0.341 e. The zero-order valence-corrected chi connectivity index (χ0v) is 7.01. The van der Waals surface area contributed by atoms with Gasteiger partial charge in [0, 0.05) is 12.2 Å². The number of rotatable bonds is 3. The van der Waals surface area contributed by atoms with Gasteiger partial charge in [-0.3, -0.25) is 5.10 Å². The molecule has 0 atom stereocenters. The smallest absolute Gasteiger partial charge is 0.341 e. The number of carboxylic acid groups (broad SMARTS) is 1. The highest BCUT2D eigenvalue weighted by atomic mass is 16.4. The van der Waals surface area contributed by atoms with Crippen molar-refractivity contribution in [2.45, 2.75) is 13.8 Å². The number of anilines is 1. The molecule has 0 aromatic carbocycles. The lowest BCUT2D eigenvalue weighted by Crippen LogP contribution is -2.04. The van der Waals surface area contributed by atoms with Gasteiger partial charge in [0.15, 0.2) is 5.82 Å². The summed E-state index contributed by atoms with van der Waals surface area (Å²) in [6.07, 6.45) is 0. The van der Waals surface area contributed by atoms with E-state index >= 15 is 0 Å². The fraction of sp³-hybridized carbons (Fsp3) is 0.429. The van der Waals surface area contributed by atoms with Gasteiger partial charge >= 0.3 is 5.97 Å². The van der Waals surface area contributed by atoms with E-state index in [0.717, 1.165) is 0 Å². The summed E-state index contributed by atoms with van der Waals surface area (Å²) in [4.78, 5) is 10.7. The van der Waals surface area contributed by atoms with Crippen LogP contribution in [0.2, 0.25) is 0 Å². The summed E-state index contributed by atoms with van der Waals surface area (Å²) in [5.41, 5.74) is 0.787. The van der Waals surface area contributed by atoms with Crippen molar-refractivity contribution in [2.75, 3.05) is 11.9 Å². The van der Waals surface area contributed by atoms with Gasteiger partial charge in [-0.25, -0.2) is 4.79 Å². The second-order valence-electron chi connectivity index (χ2n) is 2.41. The van der Waals surface area contributed by atoms with E-state index in [9.17, 15) is 4.79 Å². The van der Waals surface area contributed by atoms with E-state index in [-0.39, 0.29) is 5.56 Å². The van der Waals surface area contributed by atoms with Crippen LogP contribution in [0.1, 0.15) is 23.0 Å². The van der Waals surface area contributed by atoms with Crippen LogP contribution in [0.25, 0.3) is 0 Å². The first-order valence-corrected chi connectivity index (χ1v) is 3.69. The Hall–Kier alpha value is -1.52. The van der Waals surface area contributed by atoms with Crippen LogP contribution in [-0.4, -0.2) is 27.8 Å². The molecule has 0 amide bonds. The van der Waals surface area contributed by atoms with Crippen LogP contribution in [0.4, 0.5) is 5.82 Å². The fourth-order valence-electron chi connectivity index (χ4n) is 0.986. The Balaban J connectivity index is 3.04. The van der Waals surface area contributed by atoms with Gasteiger partial charge in [-0.05, 0) is 13.8 Å². The minimum atomic E-state index is -0.961. The number of carboxylic acids is 1. The van der Waals surface area contributed by atoms with Gasteiger partial charge < -0.3 is 10.4 Å². The molecule has 1 aromatic rings. The molecule has 5 heteroatoms. The number of H-pyrrole nitrogens is 1. The number of hydrogen-bond acceptors (Lipinski definition) is 3. The largest absolute Gasteiger partial charge is 0.477 e.